The normalized spacial score (nSPS) is 21.9. The average Bonchev–Trinajstić information content (AvgIpc) is 2.54. The Balaban J connectivity index is 1.74. The second kappa shape index (κ2) is 8.04. The third-order valence-corrected chi connectivity index (χ3v) is 6.27. The van der Waals surface area contributed by atoms with E-state index >= 15 is 0 Å². The maximum absolute atomic E-state index is 12.1. The molecule has 1 N–H and O–H groups in total. The van der Waals surface area contributed by atoms with Gasteiger partial charge in [0, 0.05) is 18.2 Å². The lowest BCUT2D eigenvalue weighted by atomic mass is 9.69. The minimum atomic E-state index is 0.0251. The predicted octanol–water partition coefficient (Wildman–Crippen LogP) is 3.52. The van der Waals surface area contributed by atoms with Crippen molar-refractivity contribution < 1.29 is 9.52 Å². The van der Waals surface area contributed by atoms with Crippen molar-refractivity contribution in [3.8, 4) is 0 Å². The van der Waals surface area contributed by atoms with Crippen molar-refractivity contribution >= 4 is 17.7 Å². The minimum Gasteiger partial charge on any atom is -0.618 e. The van der Waals surface area contributed by atoms with Crippen molar-refractivity contribution in [3.05, 3.63) is 29.6 Å². The quantitative estimate of drug-likeness (QED) is 0.491. The highest BCUT2D eigenvalue weighted by molar-refractivity contribution is 7.99. The van der Waals surface area contributed by atoms with E-state index in [9.17, 15) is 10.0 Å². The molecule has 0 saturated heterocycles. The van der Waals surface area contributed by atoms with Crippen molar-refractivity contribution in [2.24, 2.45) is 11.3 Å². The van der Waals surface area contributed by atoms with Crippen molar-refractivity contribution in [2.75, 3.05) is 5.75 Å². The van der Waals surface area contributed by atoms with Crippen LogP contribution in [0.3, 0.4) is 0 Å². The molecule has 4 nitrogen and oxygen atoms in total. The van der Waals surface area contributed by atoms with Crippen LogP contribution in [0.4, 0.5) is 0 Å². The van der Waals surface area contributed by atoms with Gasteiger partial charge in [-0.15, -0.1) is 0 Å². The first-order valence-electron chi connectivity index (χ1n) is 8.52. The van der Waals surface area contributed by atoms with Gasteiger partial charge >= 0.3 is 0 Å². The van der Waals surface area contributed by atoms with Crippen molar-refractivity contribution in [2.45, 2.75) is 63.9 Å². The number of pyridine rings is 1. The number of thioether (sulfide) groups is 1. The highest BCUT2D eigenvalue weighted by Gasteiger charge is 2.32. The fraction of sp³-hybridized carbons (Fsp3) is 0.667. The molecule has 0 atom stereocenters. The third kappa shape index (κ3) is 5.13. The largest absolute Gasteiger partial charge is 0.618 e. The molecule has 0 bridgehead atoms. The van der Waals surface area contributed by atoms with Crippen molar-refractivity contribution in [3.63, 3.8) is 0 Å². The van der Waals surface area contributed by atoms with Gasteiger partial charge in [-0.1, -0.05) is 27.2 Å². The van der Waals surface area contributed by atoms with Crippen LogP contribution in [0.5, 0.6) is 0 Å². The van der Waals surface area contributed by atoms with Crippen LogP contribution >= 0.6 is 11.8 Å². The number of nitrogens with one attached hydrogen (secondary N) is 1. The van der Waals surface area contributed by atoms with Crippen LogP contribution in [0.2, 0.25) is 0 Å². The molecule has 1 amide bonds. The molecule has 23 heavy (non-hydrogen) atoms. The molecule has 0 spiro atoms. The molecular weight excluding hydrogens is 308 g/mol. The highest BCUT2D eigenvalue weighted by atomic mass is 32.2. The monoisotopic (exact) mass is 336 g/mol. The van der Waals surface area contributed by atoms with Crippen LogP contribution in [-0.4, -0.2) is 17.7 Å². The van der Waals surface area contributed by atoms with Gasteiger partial charge in [-0.3, -0.25) is 4.79 Å². The molecule has 1 fully saturated rings. The number of rotatable bonds is 6. The summed E-state index contributed by atoms with van der Waals surface area (Å²) in [4.78, 5) is 12.1. The molecule has 0 radical (unpaired) electrons. The van der Waals surface area contributed by atoms with E-state index in [1.165, 1.54) is 37.2 Å². The Kier molecular flexibility index (Phi) is 6.33. The Bertz CT molecular complexity index is 526. The second-order valence-corrected chi connectivity index (χ2v) is 8.11. The van der Waals surface area contributed by atoms with E-state index in [1.54, 1.807) is 12.1 Å². The van der Waals surface area contributed by atoms with Crippen LogP contribution in [0.15, 0.2) is 29.4 Å². The van der Waals surface area contributed by atoms with Gasteiger partial charge in [-0.05, 0) is 54.8 Å². The van der Waals surface area contributed by atoms with Crippen LogP contribution in [0.25, 0.3) is 0 Å². The molecule has 1 aromatic heterocycles. The summed E-state index contributed by atoms with van der Waals surface area (Å²) in [5, 5.41) is 15.2. The van der Waals surface area contributed by atoms with Gasteiger partial charge < -0.3 is 10.5 Å². The summed E-state index contributed by atoms with van der Waals surface area (Å²) in [5.74, 6) is 1.09. The standard InChI is InChI=1S/C18H28N2O2S/c1-4-18(2,3)14-8-10-15(11-9-14)19-16(21)13-23-17-7-5-6-12-20(17)22/h5-7,12,14-15H,4,8-11,13H2,1-3H3,(H,19,21). The lowest BCUT2D eigenvalue weighted by Gasteiger charge is -2.39. The molecule has 1 saturated carbocycles. The Morgan fingerprint density at radius 1 is 1.35 bits per heavy atom. The molecule has 5 heteroatoms. The molecule has 0 aromatic carbocycles. The third-order valence-electron chi connectivity index (χ3n) is 5.25. The molecule has 0 unspecified atom stereocenters. The van der Waals surface area contributed by atoms with E-state index in [-0.39, 0.29) is 5.91 Å². The Morgan fingerprint density at radius 2 is 2.04 bits per heavy atom. The topological polar surface area (TPSA) is 56.0 Å². The predicted molar refractivity (Wildman–Crippen MR) is 94.1 cm³/mol. The number of hydrogen-bond acceptors (Lipinski definition) is 3. The molecule has 2 rings (SSSR count). The summed E-state index contributed by atoms with van der Waals surface area (Å²) in [6.07, 6.45) is 7.18. The second-order valence-electron chi connectivity index (χ2n) is 7.11. The molecule has 1 heterocycles. The lowest BCUT2D eigenvalue weighted by molar-refractivity contribution is -0.645. The molecule has 128 valence electrons. The summed E-state index contributed by atoms with van der Waals surface area (Å²) in [5.41, 5.74) is 0.403. The maximum Gasteiger partial charge on any atom is 0.251 e. The van der Waals surface area contributed by atoms with Gasteiger partial charge in [-0.25, -0.2) is 0 Å². The smallest absolute Gasteiger partial charge is 0.251 e. The molecule has 1 aliphatic carbocycles. The minimum absolute atomic E-state index is 0.0251. The van der Waals surface area contributed by atoms with E-state index in [1.807, 2.05) is 6.07 Å². The Hall–Kier alpha value is -1.23. The van der Waals surface area contributed by atoms with Gasteiger partial charge in [0.1, 0.15) is 0 Å². The van der Waals surface area contributed by atoms with Crippen LogP contribution in [-0.2, 0) is 4.79 Å². The summed E-state index contributed by atoms with van der Waals surface area (Å²) < 4.78 is 0.802. The number of amides is 1. The van der Waals surface area contributed by atoms with E-state index in [0.29, 0.717) is 22.2 Å². The summed E-state index contributed by atoms with van der Waals surface area (Å²) >= 11 is 1.29. The zero-order chi connectivity index (χ0) is 16.9. The van der Waals surface area contributed by atoms with E-state index in [2.05, 4.69) is 26.1 Å². The molecule has 1 aromatic rings. The summed E-state index contributed by atoms with van der Waals surface area (Å²) in [6, 6.07) is 5.53. The zero-order valence-electron chi connectivity index (χ0n) is 14.4. The summed E-state index contributed by atoms with van der Waals surface area (Å²) in [6.45, 7) is 6.97. The average molecular weight is 337 g/mol. The van der Waals surface area contributed by atoms with Crippen LogP contribution < -0.4 is 10.0 Å². The molecule has 0 aliphatic heterocycles. The van der Waals surface area contributed by atoms with E-state index < -0.39 is 0 Å². The van der Waals surface area contributed by atoms with Crippen LogP contribution in [0.1, 0.15) is 52.9 Å². The number of hydrogen-bond donors (Lipinski definition) is 1. The molecular formula is C18H28N2O2S. The van der Waals surface area contributed by atoms with Gasteiger partial charge in [0.25, 0.3) is 5.03 Å². The summed E-state index contributed by atoms with van der Waals surface area (Å²) in [7, 11) is 0. The van der Waals surface area contributed by atoms with E-state index in [4.69, 9.17) is 0 Å². The number of aromatic nitrogens is 1. The fourth-order valence-electron chi connectivity index (χ4n) is 3.24. The van der Waals surface area contributed by atoms with Crippen molar-refractivity contribution in [1.29, 1.82) is 0 Å². The lowest BCUT2D eigenvalue weighted by Crippen LogP contribution is -2.40. The maximum atomic E-state index is 12.1. The zero-order valence-corrected chi connectivity index (χ0v) is 15.2. The Morgan fingerprint density at radius 3 is 2.65 bits per heavy atom. The van der Waals surface area contributed by atoms with E-state index in [0.717, 1.165) is 23.5 Å². The molecule has 1 aliphatic rings. The first-order valence-corrected chi connectivity index (χ1v) is 9.51. The first-order chi connectivity index (χ1) is 10.9. The highest BCUT2D eigenvalue weighted by Crippen LogP contribution is 2.40. The van der Waals surface area contributed by atoms with Gasteiger partial charge in [0.2, 0.25) is 5.91 Å². The Labute approximate surface area is 143 Å². The number of carbonyl (C=O) groups is 1. The van der Waals surface area contributed by atoms with Gasteiger partial charge in [0.05, 0.1) is 5.75 Å². The fourth-order valence-corrected chi connectivity index (χ4v) is 3.97. The van der Waals surface area contributed by atoms with Crippen molar-refractivity contribution in [1.82, 2.24) is 5.32 Å². The SMILES string of the molecule is CCC(C)(C)C1CCC(NC(=O)CSc2cccc[n+]2[O-])CC1. The number of nitrogens with zero attached hydrogens (tertiary/aromatic N) is 1. The van der Waals surface area contributed by atoms with Gasteiger partial charge in [0.15, 0.2) is 6.20 Å². The van der Waals surface area contributed by atoms with Crippen LogP contribution in [0, 0.1) is 16.5 Å². The van der Waals surface area contributed by atoms with Gasteiger partial charge in [-0.2, -0.15) is 4.73 Å². The number of carbonyl (C=O) groups excluding carboxylic acids is 1. The first kappa shape index (κ1) is 18.1.